The number of rotatable bonds is 9. The van der Waals surface area contributed by atoms with Gasteiger partial charge in [-0.05, 0) is 54.2 Å². The van der Waals surface area contributed by atoms with Crippen LogP contribution in [0.1, 0.15) is 50.7 Å². The van der Waals surface area contributed by atoms with E-state index in [-0.39, 0.29) is 23.6 Å². The molecule has 1 aliphatic carbocycles. The summed E-state index contributed by atoms with van der Waals surface area (Å²) in [7, 11) is 1.61. The van der Waals surface area contributed by atoms with E-state index in [2.05, 4.69) is 19.9 Å². The first-order valence-electron chi connectivity index (χ1n) is 12.8. The summed E-state index contributed by atoms with van der Waals surface area (Å²) in [5, 5.41) is 10.2. The molecule has 1 aliphatic heterocycles. The van der Waals surface area contributed by atoms with E-state index in [0.717, 1.165) is 16.8 Å². The fraction of sp³-hybridized carbons (Fsp3) is 0.400. The Morgan fingerprint density at radius 3 is 2.53 bits per heavy atom. The second kappa shape index (κ2) is 11.3. The van der Waals surface area contributed by atoms with E-state index in [1.165, 1.54) is 12.1 Å². The molecule has 0 saturated carbocycles. The van der Waals surface area contributed by atoms with Gasteiger partial charge in [0.25, 0.3) is 0 Å². The predicted molar refractivity (Wildman–Crippen MR) is 142 cm³/mol. The Kier molecular flexibility index (Phi) is 8.08. The molecule has 0 saturated heterocycles. The smallest absolute Gasteiger partial charge is 0.162 e. The quantitative estimate of drug-likeness (QED) is 0.487. The molecule has 7 nitrogen and oxygen atoms in total. The molecule has 38 heavy (non-hydrogen) atoms. The summed E-state index contributed by atoms with van der Waals surface area (Å²) < 4.78 is 30.5. The highest BCUT2D eigenvalue weighted by molar-refractivity contribution is 6.00. The van der Waals surface area contributed by atoms with Crippen molar-refractivity contribution in [3.05, 3.63) is 82.1 Å². The van der Waals surface area contributed by atoms with Crippen LogP contribution in [0.5, 0.6) is 11.5 Å². The van der Waals surface area contributed by atoms with Gasteiger partial charge >= 0.3 is 0 Å². The number of ether oxygens (including phenoxy) is 3. The Morgan fingerprint density at radius 2 is 1.87 bits per heavy atom. The van der Waals surface area contributed by atoms with Gasteiger partial charge in [0.2, 0.25) is 0 Å². The summed E-state index contributed by atoms with van der Waals surface area (Å²) in [6.45, 7) is 7.49. The molecular weight excluding hydrogens is 485 g/mol. The third-order valence-electron chi connectivity index (χ3n) is 6.91. The van der Waals surface area contributed by atoms with Gasteiger partial charge in [-0.15, -0.1) is 0 Å². The van der Waals surface area contributed by atoms with Gasteiger partial charge in [-0.2, -0.15) is 5.26 Å². The van der Waals surface area contributed by atoms with Gasteiger partial charge in [-0.3, -0.25) is 4.79 Å². The number of Topliss-reactive ketones (excluding diaryl/α,β-unsaturated/α-hetero) is 1. The lowest BCUT2D eigenvalue weighted by molar-refractivity contribution is -0.118. The number of methoxy groups -OCH3 is 1. The third kappa shape index (κ3) is 5.53. The molecule has 0 bridgehead atoms. The highest BCUT2D eigenvalue weighted by atomic mass is 19.1. The van der Waals surface area contributed by atoms with Gasteiger partial charge in [0.15, 0.2) is 17.3 Å². The minimum atomic E-state index is -0.609. The van der Waals surface area contributed by atoms with Gasteiger partial charge in [-0.1, -0.05) is 32.0 Å². The van der Waals surface area contributed by atoms with Gasteiger partial charge in [-0.25, -0.2) is 4.39 Å². The Labute approximate surface area is 223 Å². The first kappa shape index (κ1) is 27.2. The van der Waals surface area contributed by atoms with Crippen LogP contribution in [0, 0.1) is 22.6 Å². The van der Waals surface area contributed by atoms with Gasteiger partial charge < -0.3 is 24.8 Å². The minimum absolute atomic E-state index is 0.0125. The molecule has 2 aromatic carbocycles. The summed E-state index contributed by atoms with van der Waals surface area (Å²) >= 11 is 0. The third-order valence-corrected chi connectivity index (χ3v) is 6.91. The summed E-state index contributed by atoms with van der Waals surface area (Å²) in [6.07, 6.45) is 1.04. The molecule has 0 amide bonds. The Balaban J connectivity index is 1.76. The number of carbonyl (C=O) groups is 1. The number of ketones is 1. The molecule has 1 heterocycles. The number of nitrogens with two attached hydrogens (primary N) is 1. The van der Waals surface area contributed by atoms with Gasteiger partial charge in [0.1, 0.15) is 18.2 Å². The number of hydrogen-bond donors (Lipinski definition) is 1. The van der Waals surface area contributed by atoms with Crippen LogP contribution in [0.25, 0.3) is 0 Å². The van der Waals surface area contributed by atoms with Crippen LogP contribution in [-0.2, 0) is 16.1 Å². The maximum Gasteiger partial charge on any atom is 0.162 e. The van der Waals surface area contributed by atoms with Crippen molar-refractivity contribution in [1.82, 2.24) is 4.90 Å². The maximum atomic E-state index is 13.6. The van der Waals surface area contributed by atoms with Crippen molar-refractivity contribution in [1.29, 1.82) is 5.26 Å². The van der Waals surface area contributed by atoms with Crippen LogP contribution in [-0.4, -0.2) is 37.6 Å². The van der Waals surface area contributed by atoms with Crippen LogP contribution in [0.4, 0.5) is 4.39 Å². The first-order chi connectivity index (χ1) is 18.2. The SMILES string of the molecule is CCOc1cc([C@H]2C(C#N)=C(N)N(CCOC)C3=C2C(=O)CC(C)(C)C3)ccc1OCc1ccc(F)cc1. The molecular formula is C30H34FN3O4. The fourth-order valence-electron chi connectivity index (χ4n) is 5.18. The van der Waals surface area contributed by atoms with Gasteiger partial charge in [0.05, 0.1) is 30.8 Å². The predicted octanol–water partition coefficient (Wildman–Crippen LogP) is 5.19. The molecule has 0 fully saturated rings. The zero-order valence-corrected chi connectivity index (χ0v) is 22.3. The molecule has 2 N–H and O–H groups in total. The van der Waals surface area contributed by atoms with E-state index >= 15 is 0 Å². The number of allylic oxidation sites excluding steroid dienone is 3. The topological polar surface area (TPSA) is 97.8 Å². The van der Waals surface area contributed by atoms with Crippen LogP contribution in [0.3, 0.4) is 0 Å². The van der Waals surface area contributed by atoms with Crippen molar-refractivity contribution < 1.29 is 23.4 Å². The second-order valence-corrected chi connectivity index (χ2v) is 10.3. The van der Waals surface area contributed by atoms with Crippen molar-refractivity contribution in [3.8, 4) is 17.6 Å². The van der Waals surface area contributed by atoms with Crippen LogP contribution in [0.2, 0.25) is 0 Å². The number of halogens is 1. The Morgan fingerprint density at radius 1 is 1.13 bits per heavy atom. The van der Waals surface area contributed by atoms with E-state index in [1.807, 2.05) is 24.0 Å². The highest BCUT2D eigenvalue weighted by Gasteiger charge is 2.44. The summed E-state index contributed by atoms with van der Waals surface area (Å²) in [5.74, 6) is 0.444. The molecule has 0 aromatic heterocycles. The van der Waals surface area contributed by atoms with Crippen molar-refractivity contribution in [2.75, 3.05) is 26.9 Å². The van der Waals surface area contributed by atoms with E-state index in [0.29, 0.717) is 61.1 Å². The summed E-state index contributed by atoms with van der Waals surface area (Å²) in [4.78, 5) is 15.5. The zero-order chi connectivity index (χ0) is 27.4. The van der Waals surface area contributed by atoms with Crippen LogP contribution in [0.15, 0.2) is 65.1 Å². The summed E-state index contributed by atoms with van der Waals surface area (Å²) in [5.41, 5.74) is 9.69. The van der Waals surface area contributed by atoms with Crippen molar-refractivity contribution in [3.63, 3.8) is 0 Å². The summed E-state index contributed by atoms with van der Waals surface area (Å²) in [6, 6.07) is 13.8. The average molecular weight is 520 g/mol. The molecule has 200 valence electrons. The molecule has 8 heteroatoms. The van der Waals surface area contributed by atoms with E-state index in [4.69, 9.17) is 19.9 Å². The van der Waals surface area contributed by atoms with Crippen LogP contribution < -0.4 is 15.2 Å². The molecule has 0 radical (unpaired) electrons. The van der Waals surface area contributed by atoms with Crippen molar-refractivity contribution in [2.45, 2.75) is 46.1 Å². The number of hydrogen-bond acceptors (Lipinski definition) is 7. The largest absolute Gasteiger partial charge is 0.490 e. The number of benzene rings is 2. The molecule has 4 rings (SSSR count). The Bertz CT molecular complexity index is 1310. The molecule has 0 spiro atoms. The fourth-order valence-corrected chi connectivity index (χ4v) is 5.18. The first-order valence-corrected chi connectivity index (χ1v) is 12.8. The highest BCUT2D eigenvalue weighted by Crippen LogP contribution is 2.49. The minimum Gasteiger partial charge on any atom is -0.490 e. The number of nitrogens with zero attached hydrogens (tertiary/aromatic N) is 2. The zero-order valence-electron chi connectivity index (χ0n) is 22.3. The van der Waals surface area contributed by atoms with Crippen LogP contribution >= 0.6 is 0 Å². The Hall–Kier alpha value is -3.83. The van der Waals surface area contributed by atoms with E-state index in [9.17, 15) is 14.4 Å². The standard InChI is InChI=1S/C30H34FN3O4/c1-5-37-26-14-20(8-11-25(26)38-18-19-6-9-21(31)10-7-19)27-22(17-32)29(33)34(12-13-36-4)23-15-30(2,3)16-24(35)28(23)27/h6-11,14,27H,5,12-13,15-16,18,33H2,1-4H3/t27-/m0/s1. The number of nitriles is 1. The lowest BCUT2D eigenvalue weighted by Crippen LogP contribution is -2.43. The molecule has 2 aromatic rings. The maximum absolute atomic E-state index is 13.6. The van der Waals surface area contributed by atoms with E-state index in [1.54, 1.807) is 25.3 Å². The monoisotopic (exact) mass is 519 g/mol. The second-order valence-electron chi connectivity index (χ2n) is 10.3. The lowest BCUT2D eigenvalue weighted by atomic mass is 9.68. The van der Waals surface area contributed by atoms with Crippen molar-refractivity contribution >= 4 is 5.78 Å². The normalized spacial score (nSPS) is 18.8. The molecule has 1 atom stereocenters. The lowest BCUT2D eigenvalue weighted by Gasteiger charge is -2.43. The van der Waals surface area contributed by atoms with E-state index < -0.39 is 5.92 Å². The molecule has 0 unspecified atom stereocenters. The average Bonchev–Trinajstić information content (AvgIpc) is 2.87. The number of carbonyl (C=O) groups excluding carboxylic acids is 1. The van der Waals surface area contributed by atoms with Crippen molar-refractivity contribution in [2.24, 2.45) is 11.1 Å². The molecule has 2 aliphatic rings. The van der Waals surface area contributed by atoms with Gasteiger partial charge in [0, 0.05) is 31.3 Å².